The zero-order chi connectivity index (χ0) is 10.1. The van der Waals surface area contributed by atoms with Crippen molar-refractivity contribution in [1.29, 1.82) is 0 Å². The van der Waals surface area contributed by atoms with E-state index in [4.69, 9.17) is 0 Å². The maximum Gasteiger partial charge on any atom is 0.182 e. The predicted octanol–water partition coefficient (Wildman–Crippen LogP) is 3.31. The zero-order valence-electron chi connectivity index (χ0n) is 7.38. The minimum Gasteiger partial charge on any atom is -0.263 e. The number of H-pyrrole nitrogens is 1. The van der Waals surface area contributed by atoms with Crippen LogP contribution in [0.1, 0.15) is 5.82 Å². The zero-order valence-corrected chi connectivity index (χ0v) is 10.6. The average Bonchev–Trinajstić information content (AvgIpc) is 2.56. The van der Waals surface area contributed by atoms with Gasteiger partial charge in [-0.3, -0.25) is 5.10 Å². The Kier molecular flexibility index (Phi) is 2.69. The van der Waals surface area contributed by atoms with Crippen molar-refractivity contribution in [1.82, 2.24) is 15.2 Å². The lowest BCUT2D eigenvalue weighted by atomic mass is 10.2. The summed E-state index contributed by atoms with van der Waals surface area (Å²) in [6.45, 7) is 1.88. The van der Waals surface area contributed by atoms with Gasteiger partial charge in [0, 0.05) is 14.5 Å². The van der Waals surface area contributed by atoms with E-state index in [1.807, 2.05) is 25.1 Å². The first-order chi connectivity index (χ1) is 6.66. The molecule has 0 aliphatic carbocycles. The summed E-state index contributed by atoms with van der Waals surface area (Å²) in [5.74, 6) is 1.52. The second-order valence-electron chi connectivity index (χ2n) is 2.87. The Balaban J connectivity index is 2.55. The van der Waals surface area contributed by atoms with Gasteiger partial charge in [0.15, 0.2) is 5.82 Å². The van der Waals surface area contributed by atoms with Crippen LogP contribution in [0.15, 0.2) is 27.1 Å². The maximum absolute atomic E-state index is 4.27. The molecule has 0 aliphatic rings. The predicted molar refractivity (Wildman–Crippen MR) is 62.0 cm³/mol. The van der Waals surface area contributed by atoms with Crippen molar-refractivity contribution in [3.63, 3.8) is 0 Å². The molecule has 0 fully saturated rings. The van der Waals surface area contributed by atoms with Crippen LogP contribution < -0.4 is 0 Å². The van der Waals surface area contributed by atoms with Crippen LogP contribution in [0.5, 0.6) is 0 Å². The summed E-state index contributed by atoms with van der Waals surface area (Å²) >= 11 is 6.88. The summed E-state index contributed by atoms with van der Waals surface area (Å²) in [5.41, 5.74) is 0.976. The molecule has 1 aromatic carbocycles. The molecule has 0 unspecified atom stereocenters. The third-order valence-corrected chi connectivity index (χ3v) is 2.95. The van der Waals surface area contributed by atoms with Crippen LogP contribution in [0.2, 0.25) is 0 Å². The molecule has 0 saturated carbocycles. The summed E-state index contributed by atoms with van der Waals surface area (Å²) < 4.78 is 2.00. The minimum atomic E-state index is 0.704. The van der Waals surface area contributed by atoms with E-state index in [9.17, 15) is 0 Å². The number of rotatable bonds is 1. The molecule has 0 saturated heterocycles. The number of aromatic amines is 1. The fourth-order valence-electron chi connectivity index (χ4n) is 1.13. The van der Waals surface area contributed by atoms with Gasteiger partial charge >= 0.3 is 0 Å². The number of nitrogens with one attached hydrogen (secondary N) is 1. The van der Waals surface area contributed by atoms with E-state index in [-0.39, 0.29) is 0 Å². The molecule has 2 rings (SSSR count). The first kappa shape index (κ1) is 9.86. The monoisotopic (exact) mass is 315 g/mol. The van der Waals surface area contributed by atoms with Gasteiger partial charge in [-0.15, -0.1) is 0 Å². The molecule has 72 valence electrons. The van der Waals surface area contributed by atoms with Crippen molar-refractivity contribution in [3.05, 3.63) is 33.0 Å². The number of hydrogen-bond donors (Lipinski definition) is 1. The number of aryl methyl sites for hydroxylation is 1. The fraction of sp³-hybridized carbons (Fsp3) is 0.111. The lowest BCUT2D eigenvalue weighted by Crippen LogP contribution is -1.83. The van der Waals surface area contributed by atoms with Crippen molar-refractivity contribution in [2.75, 3.05) is 0 Å². The Bertz CT molecular complexity index is 465. The summed E-state index contributed by atoms with van der Waals surface area (Å²) in [6, 6.07) is 5.91. The van der Waals surface area contributed by atoms with E-state index in [0.29, 0.717) is 5.82 Å². The largest absolute Gasteiger partial charge is 0.263 e. The van der Waals surface area contributed by atoms with Crippen molar-refractivity contribution < 1.29 is 0 Å². The smallest absolute Gasteiger partial charge is 0.182 e. The molecule has 0 atom stereocenters. The molecule has 1 N–H and O–H groups in total. The average molecular weight is 317 g/mol. The normalized spacial score (nSPS) is 10.5. The molecule has 1 heterocycles. The first-order valence-electron chi connectivity index (χ1n) is 4.01. The standard InChI is InChI=1S/C9H7Br2N3/c1-5-12-9(14-13-5)7-4-6(10)2-3-8(7)11/h2-4H,1H3,(H,12,13,14). The molecule has 1 aromatic heterocycles. The molecule has 0 aliphatic heterocycles. The van der Waals surface area contributed by atoms with Gasteiger partial charge in [-0.2, -0.15) is 5.10 Å². The second kappa shape index (κ2) is 3.82. The lowest BCUT2D eigenvalue weighted by Gasteiger charge is -1.99. The van der Waals surface area contributed by atoms with E-state index in [1.165, 1.54) is 0 Å². The Hall–Kier alpha value is -0.680. The van der Waals surface area contributed by atoms with Crippen LogP contribution in [0.25, 0.3) is 11.4 Å². The molecule has 0 bridgehead atoms. The van der Waals surface area contributed by atoms with E-state index < -0.39 is 0 Å². The Morgan fingerprint density at radius 3 is 2.71 bits per heavy atom. The summed E-state index contributed by atoms with van der Waals surface area (Å²) in [6.07, 6.45) is 0. The van der Waals surface area contributed by atoms with Gasteiger partial charge in [0.2, 0.25) is 0 Å². The van der Waals surface area contributed by atoms with E-state index >= 15 is 0 Å². The van der Waals surface area contributed by atoms with Gasteiger partial charge in [-0.25, -0.2) is 4.98 Å². The number of benzene rings is 1. The van der Waals surface area contributed by atoms with Gasteiger partial charge in [-0.05, 0) is 25.1 Å². The van der Waals surface area contributed by atoms with Crippen molar-refractivity contribution in [3.8, 4) is 11.4 Å². The third kappa shape index (κ3) is 1.88. The van der Waals surface area contributed by atoms with Gasteiger partial charge in [-0.1, -0.05) is 31.9 Å². The highest BCUT2D eigenvalue weighted by atomic mass is 79.9. The molecule has 0 amide bonds. The molecule has 14 heavy (non-hydrogen) atoms. The SMILES string of the molecule is Cc1nc(-c2cc(Br)ccc2Br)n[nH]1. The second-order valence-corrected chi connectivity index (χ2v) is 4.64. The third-order valence-electron chi connectivity index (χ3n) is 1.77. The highest BCUT2D eigenvalue weighted by Gasteiger charge is 2.07. The van der Waals surface area contributed by atoms with Crippen LogP contribution in [0.4, 0.5) is 0 Å². The molecule has 2 aromatic rings. The summed E-state index contributed by atoms with van der Waals surface area (Å²) in [4.78, 5) is 4.27. The maximum atomic E-state index is 4.27. The molecule has 0 radical (unpaired) electrons. The number of hydrogen-bond acceptors (Lipinski definition) is 2. The molecule has 3 nitrogen and oxygen atoms in total. The van der Waals surface area contributed by atoms with Crippen LogP contribution in [-0.2, 0) is 0 Å². The Labute approximate surface area is 98.2 Å². The van der Waals surface area contributed by atoms with Crippen LogP contribution in [0, 0.1) is 6.92 Å². The number of aromatic nitrogens is 3. The van der Waals surface area contributed by atoms with Gasteiger partial charge in [0.1, 0.15) is 5.82 Å². The minimum absolute atomic E-state index is 0.704. The molecular weight excluding hydrogens is 310 g/mol. The lowest BCUT2D eigenvalue weighted by molar-refractivity contribution is 1.04. The molecular formula is C9H7Br2N3. The number of halogens is 2. The van der Waals surface area contributed by atoms with Crippen LogP contribution in [-0.4, -0.2) is 15.2 Å². The van der Waals surface area contributed by atoms with Crippen molar-refractivity contribution in [2.24, 2.45) is 0 Å². The van der Waals surface area contributed by atoms with Crippen LogP contribution >= 0.6 is 31.9 Å². The van der Waals surface area contributed by atoms with Crippen molar-refractivity contribution in [2.45, 2.75) is 6.92 Å². The number of nitrogens with zero attached hydrogens (tertiary/aromatic N) is 2. The highest BCUT2D eigenvalue weighted by molar-refractivity contribution is 9.11. The quantitative estimate of drug-likeness (QED) is 0.877. The van der Waals surface area contributed by atoms with E-state index in [2.05, 4.69) is 47.0 Å². The van der Waals surface area contributed by atoms with E-state index in [0.717, 1.165) is 20.3 Å². The van der Waals surface area contributed by atoms with Crippen molar-refractivity contribution >= 4 is 31.9 Å². The Morgan fingerprint density at radius 2 is 2.07 bits per heavy atom. The van der Waals surface area contributed by atoms with Gasteiger partial charge in [0.05, 0.1) is 0 Å². The van der Waals surface area contributed by atoms with Crippen LogP contribution in [0.3, 0.4) is 0 Å². The molecule has 0 spiro atoms. The summed E-state index contributed by atoms with van der Waals surface area (Å²) in [7, 11) is 0. The first-order valence-corrected chi connectivity index (χ1v) is 5.60. The Morgan fingerprint density at radius 1 is 1.29 bits per heavy atom. The van der Waals surface area contributed by atoms with Gasteiger partial charge in [0.25, 0.3) is 0 Å². The summed E-state index contributed by atoms with van der Waals surface area (Å²) in [5, 5.41) is 6.92. The topological polar surface area (TPSA) is 41.6 Å². The molecule has 5 heteroatoms. The highest BCUT2D eigenvalue weighted by Crippen LogP contribution is 2.28. The van der Waals surface area contributed by atoms with Gasteiger partial charge < -0.3 is 0 Å². The van der Waals surface area contributed by atoms with E-state index in [1.54, 1.807) is 0 Å². The fourth-order valence-corrected chi connectivity index (χ4v) is 1.92.